The molecule has 1 aromatic carbocycles. The lowest BCUT2D eigenvalue weighted by Gasteiger charge is -2.17. The van der Waals surface area contributed by atoms with Crippen molar-refractivity contribution in [2.45, 2.75) is 6.92 Å². The van der Waals surface area contributed by atoms with Gasteiger partial charge in [-0.2, -0.15) is 0 Å². The highest BCUT2D eigenvalue weighted by Gasteiger charge is 2.34. The number of amides is 1. The number of nitrogens with zero attached hydrogens (tertiary/aromatic N) is 2. The molecule has 0 spiro atoms. The molecule has 2 heterocycles. The average Bonchev–Trinajstić information content (AvgIpc) is 2.83. The van der Waals surface area contributed by atoms with E-state index in [1.807, 2.05) is 13.0 Å². The van der Waals surface area contributed by atoms with Crippen molar-refractivity contribution in [1.29, 1.82) is 0 Å². The maximum Gasteiger partial charge on any atom is 0.335 e. The summed E-state index contributed by atoms with van der Waals surface area (Å²) in [7, 11) is 0. The molecule has 0 radical (unpaired) electrons. The first-order chi connectivity index (χ1) is 11.5. The van der Waals surface area contributed by atoms with Crippen LogP contribution < -0.4 is 4.90 Å². The number of anilines is 1. The summed E-state index contributed by atoms with van der Waals surface area (Å²) in [5.74, 6) is -1.31. The number of carbonyl (C=O) groups excluding carboxylic acids is 1. The number of carbonyl (C=O) groups is 2. The van der Waals surface area contributed by atoms with E-state index < -0.39 is 5.97 Å². The minimum atomic E-state index is -1.05. The Hall–Kier alpha value is -2.51. The monoisotopic (exact) mass is 356 g/mol. The van der Waals surface area contributed by atoms with E-state index >= 15 is 0 Å². The molecule has 0 bridgehead atoms. The number of carboxylic acids is 1. The molecule has 1 amide bonds. The molecule has 1 fully saturated rings. The van der Waals surface area contributed by atoms with Crippen molar-refractivity contribution < 1.29 is 14.7 Å². The fourth-order valence-electron chi connectivity index (χ4n) is 2.27. The summed E-state index contributed by atoms with van der Waals surface area (Å²) in [6.45, 7) is 1.81. The number of pyridine rings is 1. The van der Waals surface area contributed by atoms with E-state index in [0.29, 0.717) is 14.9 Å². The molecule has 1 aromatic heterocycles. The van der Waals surface area contributed by atoms with Crippen LogP contribution in [0, 0.1) is 6.92 Å². The number of rotatable bonds is 3. The minimum absolute atomic E-state index is 0.112. The van der Waals surface area contributed by atoms with E-state index in [4.69, 9.17) is 17.3 Å². The third-order valence-corrected chi connectivity index (χ3v) is 4.78. The van der Waals surface area contributed by atoms with Crippen molar-refractivity contribution in [1.82, 2.24) is 4.98 Å². The predicted molar refractivity (Wildman–Crippen MR) is 98.0 cm³/mol. The summed E-state index contributed by atoms with van der Waals surface area (Å²) in [6, 6.07) is 8.27. The van der Waals surface area contributed by atoms with Gasteiger partial charge in [-0.05, 0) is 42.3 Å². The molecule has 1 aliphatic heterocycles. The average molecular weight is 356 g/mol. The first-order valence-corrected chi connectivity index (χ1v) is 8.22. The van der Waals surface area contributed by atoms with E-state index in [1.165, 1.54) is 28.8 Å². The summed E-state index contributed by atoms with van der Waals surface area (Å²) in [5, 5.41) is 9.16. The maximum absolute atomic E-state index is 12.7. The Balaban J connectivity index is 2.00. The van der Waals surface area contributed by atoms with Crippen LogP contribution in [-0.4, -0.2) is 26.3 Å². The molecule has 0 saturated carbocycles. The zero-order chi connectivity index (χ0) is 17.3. The lowest BCUT2D eigenvalue weighted by Crippen LogP contribution is -2.28. The fraction of sp³-hybridized carbons (Fsp3) is 0.0588. The van der Waals surface area contributed by atoms with Crippen LogP contribution in [0.5, 0.6) is 0 Å². The lowest BCUT2D eigenvalue weighted by atomic mass is 10.1. The van der Waals surface area contributed by atoms with Gasteiger partial charge in [0.2, 0.25) is 0 Å². The molecular formula is C17H12N2O3S2. The lowest BCUT2D eigenvalue weighted by molar-refractivity contribution is -0.113. The molecule has 3 rings (SSSR count). The number of benzene rings is 1. The predicted octanol–water partition coefficient (Wildman–Crippen LogP) is 3.49. The van der Waals surface area contributed by atoms with E-state index in [9.17, 15) is 9.59 Å². The van der Waals surface area contributed by atoms with Crippen LogP contribution >= 0.6 is 24.0 Å². The smallest absolute Gasteiger partial charge is 0.335 e. The van der Waals surface area contributed by atoms with Crippen molar-refractivity contribution in [3.63, 3.8) is 0 Å². The van der Waals surface area contributed by atoms with Crippen molar-refractivity contribution in [2.75, 3.05) is 4.90 Å². The first kappa shape index (κ1) is 16.4. The van der Waals surface area contributed by atoms with Gasteiger partial charge in [-0.15, -0.1) is 0 Å². The summed E-state index contributed by atoms with van der Waals surface area (Å²) in [6.07, 6.45) is 5.04. The third-order valence-electron chi connectivity index (χ3n) is 3.47. The zero-order valence-corrected chi connectivity index (χ0v) is 14.2. The van der Waals surface area contributed by atoms with Crippen LogP contribution in [0.2, 0.25) is 0 Å². The minimum Gasteiger partial charge on any atom is -0.478 e. The Morgan fingerprint density at radius 3 is 2.83 bits per heavy atom. The Morgan fingerprint density at radius 2 is 2.17 bits per heavy atom. The van der Waals surface area contributed by atoms with E-state index in [1.54, 1.807) is 30.6 Å². The fourth-order valence-corrected chi connectivity index (χ4v) is 3.56. The van der Waals surface area contributed by atoms with Crippen LogP contribution in [0.4, 0.5) is 5.69 Å². The van der Waals surface area contributed by atoms with Gasteiger partial charge in [0, 0.05) is 12.4 Å². The van der Waals surface area contributed by atoms with Gasteiger partial charge in [0.05, 0.1) is 16.2 Å². The number of thiocarbonyl (C=S) groups is 1. The Kier molecular flexibility index (Phi) is 4.46. The second-order valence-electron chi connectivity index (χ2n) is 5.11. The van der Waals surface area contributed by atoms with Crippen LogP contribution in [0.3, 0.4) is 0 Å². The summed E-state index contributed by atoms with van der Waals surface area (Å²) >= 11 is 6.51. The molecule has 0 unspecified atom stereocenters. The van der Waals surface area contributed by atoms with Gasteiger partial charge in [-0.3, -0.25) is 14.7 Å². The molecule has 0 aliphatic carbocycles. The number of aryl methyl sites for hydroxylation is 1. The summed E-state index contributed by atoms with van der Waals surface area (Å²) in [4.78, 5) is 29.8. The normalized spacial score (nSPS) is 16.0. The van der Waals surface area contributed by atoms with Gasteiger partial charge >= 0.3 is 5.97 Å². The van der Waals surface area contributed by atoms with Crippen LogP contribution in [-0.2, 0) is 4.79 Å². The Morgan fingerprint density at radius 1 is 1.38 bits per heavy atom. The number of aromatic nitrogens is 1. The topological polar surface area (TPSA) is 70.5 Å². The zero-order valence-electron chi connectivity index (χ0n) is 12.6. The number of hydrogen-bond donors (Lipinski definition) is 1. The van der Waals surface area contributed by atoms with Crippen molar-refractivity contribution >= 4 is 51.9 Å². The van der Waals surface area contributed by atoms with Gasteiger partial charge in [-0.25, -0.2) is 4.79 Å². The molecule has 1 N–H and O–H groups in total. The quantitative estimate of drug-likeness (QED) is 0.670. The molecule has 2 aromatic rings. The largest absolute Gasteiger partial charge is 0.478 e. The number of carboxylic acid groups (broad SMARTS) is 1. The molecular weight excluding hydrogens is 344 g/mol. The van der Waals surface area contributed by atoms with Gasteiger partial charge in [0.1, 0.15) is 0 Å². The molecule has 120 valence electrons. The standard InChI is InChI=1S/C17H12N2O3S2/c1-10-4-5-12(16(21)22)8-13(10)19-15(20)14(24-17(19)23)7-11-3-2-6-18-9-11/h2-9H,1H3,(H,21,22). The molecule has 0 atom stereocenters. The van der Waals surface area contributed by atoms with E-state index in [0.717, 1.165) is 11.1 Å². The number of thioether (sulfide) groups is 1. The van der Waals surface area contributed by atoms with Gasteiger partial charge in [-0.1, -0.05) is 36.1 Å². The summed E-state index contributed by atoms with van der Waals surface area (Å²) in [5.41, 5.74) is 2.18. The van der Waals surface area contributed by atoms with Crippen molar-refractivity contribution in [2.24, 2.45) is 0 Å². The van der Waals surface area contributed by atoms with E-state index in [-0.39, 0.29) is 11.5 Å². The van der Waals surface area contributed by atoms with Gasteiger partial charge < -0.3 is 5.11 Å². The first-order valence-electron chi connectivity index (χ1n) is 6.99. The SMILES string of the molecule is Cc1ccc(C(=O)O)cc1N1C(=O)C(=Cc2cccnc2)SC1=S. The maximum atomic E-state index is 12.7. The highest BCUT2D eigenvalue weighted by Crippen LogP contribution is 2.37. The molecule has 5 nitrogen and oxygen atoms in total. The van der Waals surface area contributed by atoms with Gasteiger partial charge in [0.25, 0.3) is 5.91 Å². The van der Waals surface area contributed by atoms with Crippen LogP contribution in [0.1, 0.15) is 21.5 Å². The second kappa shape index (κ2) is 6.54. The highest BCUT2D eigenvalue weighted by molar-refractivity contribution is 8.27. The highest BCUT2D eigenvalue weighted by atomic mass is 32.2. The van der Waals surface area contributed by atoms with E-state index in [2.05, 4.69) is 4.98 Å². The third kappa shape index (κ3) is 3.08. The summed E-state index contributed by atoms with van der Waals surface area (Å²) < 4.78 is 0.376. The van der Waals surface area contributed by atoms with Crippen molar-refractivity contribution in [3.8, 4) is 0 Å². The number of aromatic carboxylic acids is 1. The van der Waals surface area contributed by atoms with Crippen LogP contribution in [0.25, 0.3) is 6.08 Å². The second-order valence-corrected chi connectivity index (χ2v) is 6.79. The Bertz CT molecular complexity index is 879. The van der Waals surface area contributed by atoms with Crippen molar-refractivity contribution in [3.05, 3.63) is 64.3 Å². The molecule has 24 heavy (non-hydrogen) atoms. The number of hydrogen-bond acceptors (Lipinski definition) is 5. The molecule has 1 saturated heterocycles. The Labute approximate surface area is 148 Å². The molecule has 7 heteroatoms. The molecule has 1 aliphatic rings. The van der Waals surface area contributed by atoms with Crippen LogP contribution in [0.15, 0.2) is 47.6 Å². The van der Waals surface area contributed by atoms with Gasteiger partial charge in [0.15, 0.2) is 4.32 Å².